The molecule has 0 atom stereocenters. The molecule has 104 valence electrons. The van der Waals surface area contributed by atoms with Crippen LogP contribution >= 0.6 is 0 Å². The third-order valence-corrected chi connectivity index (χ3v) is 2.33. The van der Waals surface area contributed by atoms with E-state index in [0.29, 0.717) is 5.92 Å². The summed E-state index contributed by atoms with van der Waals surface area (Å²) in [5.41, 5.74) is 1.41. The maximum absolute atomic E-state index is 9.78. The number of hydrogen-bond donors (Lipinski definition) is 0. The quantitative estimate of drug-likeness (QED) is 0.730. The minimum atomic E-state index is -1.62. The molecule has 0 bridgehead atoms. The summed E-state index contributed by atoms with van der Waals surface area (Å²) in [7, 11) is -0.192. The molecule has 0 radical (unpaired) electrons. The molecule has 0 aliphatic rings. The largest absolute Gasteiger partial charge is 0.527 e. The summed E-state index contributed by atoms with van der Waals surface area (Å²) < 4.78 is 14.1. The van der Waals surface area contributed by atoms with Gasteiger partial charge in [0, 0.05) is 6.55 Å². The van der Waals surface area contributed by atoms with Crippen molar-refractivity contribution in [3.63, 3.8) is 0 Å². The van der Waals surface area contributed by atoms with E-state index in [4.69, 9.17) is 0 Å². The minimum Gasteiger partial charge on any atom is -0.527 e. The maximum Gasteiger partial charge on any atom is 0.498 e. The topological polar surface area (TPSA) is 26.3 Å². The van der Waals surface area contributed by atoms with E-state index in [-0.39, 0.29) is 0 Å². The third kappa shape index (κ3) is 17.4. The van der Waals surface area contributed by atoms with Crippen LogP contribution in [0, 0.1) is 5.92 Å². The average molecular weight is 268 g/mol. The van der Waals surface area contributed by atoms with Gasteiger partial charge < -0.3 is 8.89 Å². The highest BCUT2D eigenvalue weighted by Crippen LogP contribution is 2.11. The second-order valence-electron chi connectivity index (χ2n) is 4.99. The maximum atomic E-state index is 9.78. The molecule has 0 spiro atoms. The van der Waals surface area contributed by atoms with Gasteiger partial charge in [0.15, 0.2) is 0 Å². The number of benzene rings is 1. The van der Waals surface area contributed by atoms with E-state index >= 15 is 0 Å². The lowest BCUT2D eigenvalue weighted by Gasteiger charge is -2.01. The highest BCUT2D eigenvalue weighted by atomic mass is 28.3. The van der Waals surface area contributed by atoms with Gasteiger partial charge in [-0.25, -0.2) is 0 Å². The smallest absolute Gasteiger partial charge is 0.498 e. The molecule has 0 saturated heterocycles. The first kappa shape index (κ1) is 19.4. The molecule has 0 N–H and O–H groups in total. The molecule has 0 unspecified atom stereocenters. The van der Waals surface area contributed by atoms with E-state index in [9.17, 15) is 4.46 Å². The van der Waals surface area contributed by atoms with Crippen LogP contribution < -0.4 is 0 Å². The Hall–Kier alpha value is -0.963. The van der Waals surface area contributed by atoms with Crippen LogP contribution in [0.5, 0.6) is 0 Å². The Bertz CT molecular complexity index is 292. The molecule has 0 fully saturated rings. The van der Waals surface area contributed by atoms with Crippen molar-refractivity contribution in [2.45, 2.75) is 47.1 Å². The highest BCUT2D eigenvalue weighted by molar-refractivity contribution is 6.32. The molecule has 0 aliphatic carbocycles. The highest BCUT2D eigenvalue weighted by Gasteiger charge is 1.93. The van der Waals surface area contributed by atoms with Gasteiger partial charge in [0.05, 0.1) is 7.11 Å². The summed E-state index contributed by atoms with van der Waals surface area (Å²) in [6.07, 6.45) is 0. The van der Waals surface area contributed by atoms with Crippen molar-refractivity contribution in [1.29, 1.82) is 0 Å². The summed E-state index contributed by atoms with van der Waals surface area (Å²) >= 11 is 0. The fourth-order valence-electron chi connectivity index (χ4n) is 0.838. The van der Waals surface area contributed by atoms with Crippen molar-refractivity contribution in [1.82, 2.24) is 0 Å². The summed E-state index contributed by atoms with van der Waals surface area (Å²) in [6.45, 7) is 12.5. The molecule has 2 nitrogen and oxygen atoms in total. The fourth-order valence-corrected chi connectivity index (χ4v) is 0.838. The number of hydrogen-bond acceptors (Lipinski definition) is 2. The van der Waals surface area contributed by atoms with Crippen molar-refractivity contribution in [2.75, 3.05) is 7.11 Å². The van der Waals surface area contributed by atoms with Crippen LogP contribution in [0.3, 0.4) is 0 Å². The summed E-state index contributed by atoms with van der Waals surface area (Å²) in [4.78, 5) is 0. The van der Waals surface area contributed by atoms with Crippen molar-refractivity contribution in [2.24, 2.45) is 5.92 Å². The van der Waals surface area contributed by atoms with Gasteiger partial charge >= 0.3 is 8.93 Å². The van der Waals surface area contributed by atoms with Crippen molar-refractivity contribution in [3.8, 4) is 0 Å². The third-order valence-electron chi connectivity index (χ3n) is 1.75. The van der Waals surface area contributed by atoms with Gasteiger partial charge in [-0.1, -0.05) is 65.0 Å². The first-order valence-electron chi connectivity index (χ1n) is 6.40. The van der Waals surface area contributed by atoms with E-state index < -0.39 is 8.93 Å². The Morgan fingerprint density at radius 1 is 1.00 bits per heavy atom. The predicted molar refractivity (Wildman–Crippen MR) is 80.4 cm³/mol. The lowest BCUT2D eigenvalue weighted by Crippen LogP contribution is -1.92. The Morgan fingerprint density at radius 2 is 1.33 bits per heavy atom. The average Bonchev–Trinajstić information content (AvgIpc) is 2.30. The summed E-state index contributed by atoms with van der Waals surface area (Å²) in [6, 6.07) is 10.5. The Kier molecular flexibility index (Phi) is 13.4. The summed E-state index contributed by atoms with van der Waals surface area (Å²) in [5, 5.41) is 0. The van der Waals surface area contributed by atoms with E-state index in [1.807, 2.05) is 6.07 Å². The van der Waals surface area contributed by atoms with E-state index in [1.165, 1.54) is 12.7 Å². The molecule has 3 heteroatoms. The summed E-state index contributed by atoms with van der Waals surface area (Å²) in [5.74, 6) is 1.49. The van der Waals surface area contributed by atoms with Gasteiger partial charge in [-0.2, -0.15) is 0 Å². The fraction of sp³-hybridized carbons (Fsp3) is 0.600. The predicted octanol–water partition coefficient (Wildman–Crippen LogP) is 4.65. The van der Waals surface area contributed by atoms with Crippen molar-refractivity contribution < 1.29 is 8.89 Å². The van der Waals surface area contributed by atoms with E-state index in [0.717, 1.165) is 5.92 Å². The second kappa shape index (κ2) is 12.5. The van der Waals surface area contributed by atoms with Gasteiger partial charge in [0.2, 0.25) is 0 Å². The van der Waals surface area contributed by atoms with E-state index in [2.05, 4.69) is 63.3 Å². The minimum absolute atomic E-state index is 0.659. The zero-order valence-electron chi connectivity index (χ0n) is 12.9. The standard InChI is InChI=1S/C9H12.C4H10.C2H6O2Si/c1-8(2)9-6-4-3-5-7-9;1-4(2)3;1-4-5(2)3/h3-8H,1-2H3;4H,1-3H3;1-2H3. The number of rotatable bonds is 2. The molecule has 1 aromatic carbocycles. The van der Waals surface area contributed by atoms with Gasteiger partial charge in [-0.05, 0) is 17.4 Å². The molecule has 0 aliphatic heterocycles. The van der Waals surface area contributed by atoms with Gasteiger partial charge in [0.25, 0.3) is 0 Å². The molecule has 0 heterocycles. The Morgan fingerprint density at radius 3 is 1.50 bits per heavy atom. The molecular formula is C15H28O2Si. The first-order valence-corrected chi connectivity index (χ1v) is 8.22. The van der Waals surface area contributed by atoms with Crippen LogP contribution in [0.25, 0.3) is 0 Å². The normalized spacial score (nSPS) is 8.94. The van der Waals surface area contributed by atoms with Gasteiger partial charge in [0.1, 0.15) is 0 Å². The molecular weight excluding hydrogens is 240 g/mol. The lowest BCUT2D eigenvalue weighted by molar-refractivity contribution is 0.370. The van der Waals surface area contributed by atoms with Crippen LogP contribution in [0.15, 0.2) is 30.3 Å². The molecule has 1 aromatic rings. The van der Waals surface area contributed by atoms with Crippen LogP contribution in [0.4, 0.5) is 0 Å². The zero-order valence-corrected chi connectivity index (χ0v) is 13.9. The second-order valence-corrected chi connectivity index (χ2v) is 6.38. The van der Waals surface area contributed by atoms with Crippen molar-refractivity contribution >= 4 is 8.93 Å². The Balaban J connectivity index is 0. The molecule has 0 saturated carbocycles. The van der Waals surface area contributed by atoms with Crippen LogP contribution in [-0.2, 0) is 8.89 Å². The zero-order chi connectivity index (χ0) is 14.6. The first-order chi connectivity index (χ1) is 8.31. The Labute approximate surface area is 114 Å². The molecule has 0 aromatic heterocycles. The van der Waals surface area contributed by atoms with Gasteiger partial charge in [-0.3, -0.25) is 0 Å². The van der Waals surface area contributed by atoms with Crippen LogP contribution in [-0.4, -0.2) is 16.0 Å². The molecule has 0 amide bonds. The van der Waals surface area contributed by atoms with Crippen molar-refractivity contribution in [3.05, 3.63) is 35.9 Å². The van der Waals surface area contributed by atoms with Gasteiger partial charge in [-0.15, -0.1) is 0 Å². The lowest BCUT2D eigenvalue weighted by atomic mass is 10.0. The van der Waals surface area contributed by atoms with E-state index in [1.54, 1.807) is 6.55 Å². The monoisotopic (exact) mass is 268 g/mol. The molecule has 1 rings (SSSR count). The van der Waals surface area contributed by atoms with Crippen LogP contribution in [0.1, 0.15) is 46.1 Å². The SMILES string of the molecule is CC(C)C.CC(C)c1ccccc1.CO[Si](C)=O. The van der Waals surface area contributed by atoms with Crippen LogP contribution in [0.2, 0.25) is 6.55 Å². The molecule has 18 heavy (non-hydrogen) atoms.